The van der Waals surface area contributed by atoms with Gasteiger partial charge in [0.25, 0.3) is 5.91 Å². The normalized spacial score (nSPS) is 13.4. The van der Waals surface area contributed by atoms with Gasteiger partial charge in [-0.2, -0.15) is 0 Å². The molecule has 4 rings (SSSR count). The molecule has 1 heterocycles. The van der Waals surface area contributed by atoms with Crippen LogP contribution in [0.15, 0.2) is 65.6 Å². The molecular weight excluding hydrogens is 559 g/mol. The number of carbonyl (C=O) groups is 2. The number of carbonyl (C=O) groups excluding carboxylic acids is 2. The van der Waals surface area contributed by atoms with Crippen LogP contribution in [0.2, 0.25) is 10.0 Å². The summed E-state index contributed by atoms with van der Waals surface area (Å²) < 4.78 is 29.5. The number of sulfone groups is 1. The first-order valence-corrected chi connectivity index (χ1v) is 15.3. The summed E-state index contributed by atoms with van der Waals surface area (Å²) in [5, 5.41) is 6.40. The molecule has 1 aliphatic heterocycles. The van der Waals surface area contributed by atoms with Crippen LogP contribution >= 0.6 is 23.2 Å². The Kier molecular flexibility index (Phi) is 10.9. The number of hydrogen-bond donors (Lipinski definition) is 2. The number of esters is 1. The third-order valence-electron chi connectivity index (χ3n) is 6.09. The van der Waals surface area contributed by atoms with E-state index in [0.29, 0.717) is 18.5 Å². The molecule has 0 aromatic heterocycles. The standard InChI is InChI=1S/C27H26Cl2N2O5S.C2H6/c1-37(34,35)20-9-5-8-18(12-20)13-23(27(33)36-16-17-6-3-2-4-7-17)31-26(32)24-22(28)14-19-15-30-11-10-21(19)25(24)29;1-2/h2-9,12,14,23,30H,10-11,13,15-16H2,1H3,(H,31,32);1-2H3. The van der Waals surface area contributed by atoms with Gasteiger partial charge in [-0.25, -0.2) is 13.2 Å². The van der Waals surface area contributed by atoms with Gasteiger partial charge in [0.2, 0.25) is 0 Å². The molecule has 0 saturated heterocycles. The van der Waals surface area contributed by atoms with E-state index in [-0.39, 0.29) is 33.5 Å². The van der Waals surface area contributed by atoms with E-state index in [2.05, 4.69) is 10.6 Å². The van der Waals surface area contributed by atoms with Gasteiger partial charge in [0, 0.05) is 19.2 Å². The van der Waals surface area contributed by atoms with Crippen LogP contribution in [0.3, 0.4) is 0 Å². The Hall–Kier alpha value is -2.91. The summed E-state index contributed by atoms with van der Waals surface area (Å²) in [6.45, 7) is 5.34. The Morgan fingerprint density at radius 3 is 2.41 bits per heavy atom. The van der Waals surface area contributed by atoms with Crippen molar-refractivity contribution < 1.29 is 22.7 Å². The number of nitrogens with one attached hydrogen (secondary N) is 2. The molecule has 0 saturated carbocycles. The molecule has 0 fully saturated rings. The summed E-state index contributed by atoms with van der Waals surface area (Å²) in [5.74, 6) is -1.28. The van der Waals surface area contributed by atoms with Crippen LogP contribution in [-0.2, 0) is 45.4 Å². The monoisotopic (exact) mass is 590 g/mol. The highest BCUT2D eigenvalue weighted by Gasteiger charge is 2.28. The first-order chi connectivity index (χ1) is 18.6. The van der Waals surface area contributed by atoms with E-state index in [0.717, 1.165) is 29.5 Å². The number of ether oxygens (including phenoxy) is 1. The second kappa shape index (κ2) is 13.9. The highest BCUT2D eigenvalue weighted by molar-refractivity contribution is 7.90. The van der Waals surface area contributed by atoms with Crippen LogP contribution in [0.4, 0.5) is 0 Å². The van der Waals surface area contributed by atoms with Gasteiger partial charge in [-0.1, -0.05) is 79.5 Å². The summed E-state index contributed by atoms with van der Waals surface area (Å²) in [4.78, 5) is 26.6. The van der Waals surface area contributed by atoms with E-state index in [4.69, 9.17) is 27.9 Å². The zero-order valence-corrected chi connectivity index (χ0v) is 24.4. The van der Waals surface area contributed by atoms with Crippen molar-refractivity contribution >= 4 is 44.9 Å². The van der Waals surface area contributed by atoms with Gasteiger partial charge in [0.05, 0.1) is 20.5 Å². The second-order valence-electron chi connectivity index (χ2n) is 8.85. The largest absolute Gasteiger partial charge is 0.459 e. The van der Waals surface area contributed by atoms with E-state index in [1.165, 1.54) is 12.1 Å². The molecule has 1 aliphatic rings. The zero-order valence-electron chi connectivity index (χ0n) is 22.1. The van der Waals surface area contributed by atoms with Crippen LogP contribution in [0.1, 0.15) is 46.5 Å². The van der Waals surface area contributed by atoms with Gasteiger partial charge in [0.1, 0.15) is 12.6 Å². The van der Waals surface area contributed by atoms with Crippen molar-refractivity contribution in [3.05, 3.63) is 98.5 Å². The predicted octanol–water partition coefficient (Wildman–Crippen LogP) is 5.15. The molecule has 208 valence electrons. The lowest BCUT2D eigenvalue weighted by atomic mass is 9.97. The fourth-order valence-electron chi connectivity index (χ4n) is 4.17. The molecule has 1 amide bonds. The van der Waals surface area contributed by atoms with Crippen LogP contribution in [0, 0.1) is 0 Å². The van der Waals surface area contributed by atoms with E-state index in [1.807, 2.05) is 44.2 Å². The van der Waals surface area contributed by atoms with E-state index in [1.54, 1.807) is 18.2 Å². The third kappa shape index (κ3) is 8.05. The molecule has 2 N–H and O–H groups in total. The average Bonchev–Trinajstić information content (AvgIpc) is 2.93. The lowest BCUT2D eigenvalue weighted by Gasteiger charge is -2.23. The van der Waals surface area contributed by atoms with Gasteiger partial charge in [-0.3, -0.25) is 4.79 Å². The highest BCUT2D eigenvalue weighted by Crippen LogP contribution is 2.33. The average molecular weight is 592 g/mol. The van der Waals surface area contributed by atoms with Crippen molar-refractivity contribution in [2.45, 2.75) is 50.8 Å². The van der Waals surface area contributed by atoms with Crippen molar-refractivity contribution in [1.29, 1.82) is 0 Å². The maximum atomic E-state index is 13.4. The maximum Gasteiger partial charge on any atom is 0.329 e. The van der Waals surface area contributed by atoms with Gasteiger partial charge in [-0.15, -0.1) is 0 Å². The quantitative estimate of drug-likeness (QED) is 0.352. The molecule has 3 aromatic rings. The Bertz CT molecular complexity index is 1430. The summed E-state index contributed by atoms with van der Waals surface area (Å²) in [7, 11) is -3.46. The molecule has 1 atom stereocenters. The Morgan fingerprint density at radius 1 is 1.03 bits per heavy atom. The summed E-state index contributed by atoms with van der Waals surface area (Å²) in [6, 6.07) is 16.0. The number of amides is 1. The molecule has 10 heteroatoms. The number of rotatable bonds is 8. The second-order valence-corrected chi connectivity index (χ2v) is 11.7. The number of hydrogen-bond acceptors (Lipinski definition) is 6. The predicted molar refractivity (Wildman–Crippen MR) is 154 cm³/mol. The van der Waals surface area contributed by atoms with Gasteiger partial charge < -0.3 is 15.4 Å². The minimum absolute atomic E-state index is 0.00677. The third-order valence-corrected chi connectivity index (χ3v) is 7.91. The topological polar surface area (TPSA) is 102 Å². The Balaban J connectivity index is 0.00000205. The molecule has 39 heavy (non-hydrogen) atoms. The number of benzene rings is 3. The van der Waals surface area contributed by atoms with Crippen LogP contribution in [0.25, 0.3) is 0 Å². The van der Waals surface area contributed by atoms with Crippen molar-refractivity contribution in [3.8, 4) is 0 Å². The summed E-state index contributed by atoms with van der Waals surface area (Å²) in [6.07, 6.45) is 1.76. The van der Waals surface area contributed by atoms with Crippen LogP contribution in [0.5, 0.6) is 0 Å². The fraction of sp³-hybridized carbons (Fsp3) is 0.310. The molecule has 0 aliphatic carbocycles. The van der Waals surface area contributed by atoms with Crippen molar-refractivity contribution in [1.82, 2.24) is 10.6 Å². The minimum atomic E-state index is -3.46. The van der Waals surface area contributed by atoms with E-state index in [9.17, 15) is 18.0 Å². The first kappa shape index (κ1) is 30.6. The SMILES string of the molecule is CC.CS(=O)(=O)c1cccc(CC(NC(=O)c2c(Cl)cc3c(c2Cl)CCNC3)C(=O)OCc2ccccc2)c1. The molecule has 0 radical (unpaired) electrons. The first-order valence-electron chi connectivity index (χ1n) is 12.6. The van der Waals surface area contributed by atoms with Gasteiger partial charge in [-0.05, 0) is 53.4 Å². The summed E-state index contributed by atoms with van der Waals surface area (Å²) >= 11 is 13.0. The van der Waals surface area contributed by atoms with E-state index < -0.39 is 27.8 Å². The zero-order chi connectivity index (χ0) is 28.6. The number of fused-ring (bicyclic) bond motifs is 1. The van der Waals surface area contributed by atoms with Crippen LogP contribution in [-0.4, -0.2) is 39.1 Å². The highest BCUT2D eigenvalue weighted by atomic mass is 35.5. The molecule has 0 bridgehead atoms. The van der Waals surface area contributed by atoms with Gasteiger partial charge >= 0.3 is 5.97 Å². The molecule has 7 nitrogen and oxygen atoms in total. The smallest absolute Gasteiger partial charge is 0.329 e. The Labute approximate surface area is 239 Å². The van der Waals surface area contributed by atoms with Crippen molar-refractivity contribution in [3.63, 3.8) is 0 Å². The molecule has 1 unspecified atom stereocenters. The lowest BCUT2D eigenvalue weighted by molar-refractivity contribution is -0.147. The summed E-state index contributed by atoms with van der Waals surface area (Å²) in [5.41, 5.74) is 3.19. The maximum absolute atomic E-state index is 13.4. The lowest BCUT2D eigenvalue weighted by Crippen LogP contribution is -2.43. The fourth-order valence-corrected chi connectivity index (χ4v) is 5.63. The molecular formula is C29H32Cl2N2O5S. The Morgan fingerprint density at radius 2 is 1.72 bits per heavy atom. The van der Waals surface area contributed by atoms with E-state index >= 15 is 0 Å². The van der Waals surface area contributed by atoms with Crippen LogP contribution < -0.4 is 10.6 Å². The molecule has 3 aromatic carbocycles. The van der Waals surface area contributed by atoms with Crippen molar-refractivity contribution in [2.24, 2.45) is 0 Å². The van der Waals surface area contributed by atoms with Gasteiger partial charge in [0.15, 0.2) is 9.84 Å². The van der Waals surface area contributed by atoms with Crippen molar-refractivity contribution in [2.75, 3.05) is 12.8 Å². The minimum Gasteiger partial charge on any atom is -0.459 e. The molecule has 0 spiro atoms. The number of halogens is 2.